The number of hydrogen-bond donors (Lipinski definition) is 1. The molecular formula is C16H15FN2O2. The molecule has 0 spiro atoms. The van der Waals surface area contributed by atoms with Crippen molar-refractivity contribution in [1.82, 2.24) is 0 Å². The third-order valence-electron chi connectivity index (χ3n) is 2.92. The Bertz CT molecular complexity index is 666. The summed E-state index contributed by atoms with van der Waals surface area (Å²) in [6, 6.07) is 11.1. The quantitative estimate of drug-likeness (QED) is 0.692. The highest BCUT2D eigenvalue weighted by atomic mass is 19.1. The van der Waals surface area contributed by atoms with Gasteiger partial charge in [0.15, 0.2) is 0 Å². The largest absolute Gasteiger partial charge is 0.399 e. The summed E-state index contributed by atoms with van der Waals surface area (Å²) in [6.07, 6.45) is 1.55. The van der Waals surface area contributed by atoms with Gasteiger partial charge in [-0.3, -0.25) is 4.79 Å². The SMILES string of the molecule is CO/N=C/c1ccc(C(=O)Nc2ccc(F)cc2C)cc1. The molecule has 0 aliphatic heterocycles. The normalized spacial score (nSPS) is 10.6. The molecule has 1 N–H and O–H groups in total. The number of benzene rings is 2. The maximum Gasteiger partial charge on any atom is 0.255 e. The predicted octanol–water partition coefficient (Wildman–Crippen LogP) is 3.37. The summed E-state index contributed by atoms with van der Waals surface area (Å²) in [6.45, 7) is 1.74. The van der Waals surface area contributed by atoms with E-state index in [0.29, 0.717) is 16.8 Å². The fourth-order valence-electron chi connectivity index (χ4n) is 1.80. The van der Waals surface area contributed by atoms with Gasteiger partial charge >= 0.3 is 0 Å². The van der Waals surface area contributed by atoms with Gasteiger partial charge in [0.25, 0.3) is 5.91 Å². The van der Waals surface area contributed by atoms with Crippen molar-refractivity contribution in [3.05, 3.63) is 65.0 Å². The van der Waals surface area contributed by atoms with Crippen LogP contribution in [0.25, 0.3) is 0 Å². The summed E-state index contributed by atoms with van der Waals surface area (Å²) in [5.74, 6) is -0.577. The predicted molar refractivity (Wildman–Crippen MR) is 80.1 cm³/mol. The molecule has 0 unspecified atom stereocenters. The summed E-state index contributed by atoms with van der Waals surface area (Å²) in [5.41, 5.74) is 2.60. The van der Waals surface area contributed by atoms with Gasteiger partial charge in [-0.15, -0.1) is 0 Å². The van der Waals surface area contributed by atoms with Gasteiger partial charge in [0.2, 0.25) is 0 Å². The minimum atomic E-state index is -0.327. The molecular weight excluding hydrogens is 271 g/mol. The molecule has 0 saturated carbocycles. The van der Waals surface area contributed by atoms with Gasteiger partial charge < -0.3 is 10.2 Å². The van der Waals surface area contributed by atoms with Gasteiger partial charge in [-0.05, 0) is 48.4 Å². The van der Waals surface area contributed by atoms with Crippen LogP contribution in [0.5, 0.6) is 0 Å². The number of rotatable bonds is 4. The average Bonchev–Trinajstić information content (AvgIpc) is 2.48. The molecule has 2 aromatic rings. The number of aryl methyl sites for hydroxylation is 1. The Morgan fingerprint density at radius 1 is 1.24 bits per heavy atom. The molecule has 0 aliphatic rings. The molecule has 2 rings (SSSR count). The zero-order chi connectivity index (χ0) is 15.2. The Morgan fingerprint density at radius 3 is 2.57 bits per heavy atom. The van der Waals surface area contributed by atoms with E-state index in [2.05, 4.69) is 15.3 Å². The first-order chi connectivity index (χ1) is 10.1. The summed E-state index contributed by atoms with van der Waals surface area (Å²) < 4.78 is 13.0. The lowest BCUT2D eigenvalue weighted by Crippen LogP contribution is -2.12. The van der Waals surface area contributed by atoms with E-state index in [-0.39, 0.29) is 11.7 Å². The van der Waals surface area contributed by atoms with Crippen molar-refractivity contribution in [2.45, 2.75) is 6.92 Å². The van der Waals surface area contributed by atoms with Gasteiger partial charge in [0.1, 0.15) is 12.9 Å². The fourth-order valence-corrected chi connectivity index (χ4v) is 1.80. The van der Waals surface area contributed by atoms with Crippen LogP contribution in [0.2, 0.25) is 0 Å². The standard InChI is InChI=1S/C16H15FN2O2/c1-11-9-14(17)7-8-15(11)19-16(20)13-5-3-12(4-6-13)10-18-21-2/h3-10H,1-2H3,(H,19,20)/b18-10+. The maximum absolute atomic E-state index is 13.0. The van der Waals surface area contributed by atoms with E-state index in [1.165, 1.54) is 19.2 Å². The van der Waals surface area contributed by atoms with Crippen LogP contribution in [-0.4, -0.2) is 19.2 Å². The van der Waals surface area contributed by atoms with Crippen LogP contribution in [0.15, 0.2) is 47.6 Å². The first-order valence-electron chi connectivity index (χ1n) is 6.34. The summed E-state index contributed by atoms with van der Waals surface area (Å²) in [5, 5.41) is 6.40. The number of halogens is 1. The first kappa shape index (κ1) is 14.7. The maximum atomic E-state index is 13.0. The highest BCUT2D eigenvalue weighted by molar-refractivity contribution is 6.04. The molecule has 1 amide bonds. The van der Waals surface area contributed by atoms with E-state index in [0.717, 1.165) is 5.56 Å². The second kappa shape index (κ2) is 6.65. The van der Waals surface area contributed by atoms with Crippen molar-refractivity contribution in [2.75, 3.05) is 12.4 Å². The Labute approximate surface area is 122 Å². The van der Waals surface area contributed by atoms with Crippen LogP contribution in [0.3, 0.4) is 0 Å². The average molecular weight is 286 g/mol. The van der Waals surface area contributed by atoms with Crippen molar-refractivity contribution in [1.29, 1.82) is 0 Å². The first-order valence-corrected chi connectivity index (χ1v) is 6.34. The fraction of sp³-hybridized carbons (Fsp3) is 0.125. The zero-order valence-electron chi connectivity index (χ0n) is 11.8. The van der Waals surface area contributed by atoms with Gasteiger partial charge in [-0.2, -0.15) is 0 Å². The lowest BCUT2D eigenvalue weighted by molar-refractivity contribution is 0.102. The van der Waals surface area contributed by atoms with Crippen molar-refractivity contribution >= 4 is 17.8 Å². The molecule has 0 atom stereocenters. The Kier molecular flexibility index (Phi) is 4.66. The van der Waals surface area contributed by atoms with Gasteiger partial charge in [0.05, 0.1) is 6.21 Å². The minimum Gasteiger partial charge on any atom is -0.399 e. The molecule has 0 radical (unpaired) electrons. The van der Waals surface area contributed by atoms with Gasteiger partial charge in [-0.1, -0.05) is 17.3 Å². The number of nitrogens with one attached hydrogen (secondary N) is 1. The molecule has 2 aromatic carbocycles. The molecule has 5 heteroatoms. The molecule has 0 bridgehead atoms. The lowest BCUT2D eigenvalue weighted by Gasteiger charge is -2.08. The number of anilines is 1. The monoisotopic (exact) mass is 286 g/mol. The van der Waals surface area contributed by atoms with E-state index in [9.17, 15) is 9.18 Å². The molecule has 0 fully saturated rings. The van der Waals surface area contributed by atoms with E-state index in [1.54, 1.807) is 43.5 Å². The number of carbonyl (C=O) groups excluding carboxylic acids is 1. The Morgan fingerprint density at radius 2 is 1.95 bits per heavy atom. The highest BCUT2D eigenvalue weighted by Crippen LogP contribution is 2.17. The van der Waals surface area contributed by atoms with Gasteiger partial charge in [-0.25, -0.2) is 4.39 Å². The van der Waals surface area contributed by atoms with E-state index in [1.807, 2.05) is 0 Å². The summed E-state index contributed by atoms with van der Waals surface area (Å²) >= 11 is 0. The van der Waals surface area contributed by atoms with E-state index in [4.69, 9.17) is 0 Å². The van der Waals surface area contributed by atoms with Gasteiger partial charge in [0, 0.05) is 11.3 Å². The number of carbonyl (C=O) groups is 1. The van der Waals surface area contributed by atoms with Crippen LogP contribution in [0.1, 0.15) is 21.5 Å². The van der Waals surface area contributed by atoms with Crippen molar-refractivity contribution < 1.29 is 14.0 Å². The molecule has 21 heavy (non-hydrogen) atoms. The topological polar surface area (TPSA) is 50.7 Å². The zero-order valence-corrected chi connectivity index (χ0v) is 11.8. The van der Waals surface area contributed by atoms with E-state index < -0.39 is 0 Å². The second-order valence-corrected chi connectivity index (χ2v) is 4.45. The van der Waals surface area contributed by atoms with Crippen LogP contribution in [0, 0.1) is 12.7 Å². The summed E-state index contributed by atoms with van der Waals surface area (Å²) in [7, 11) is 1.46. The van der Waals surface area contributed by atoms with E-state index >= 15 is 0 Å². The minimum absolute atomic E-state index is 0.250. The summed E-state index contributed by atoms with van der Waals surface area (Å²) in [4.78, 5) is 16.7. The van der Waals surface area contributed by atoms with Crippen molar-refractivity contribution in [3.8, 4) is 0 Å². The number of nitrogens with zero attached hydrogens (tertiary/aromatic N) is 1. The van der Waals surface area contributed by atoms with Crippen LogP contribution in [-0.2, 0) is 4.84 Å². The smallest absolute Gasteiger partial charge is 0.255 e. The van der Waals surface area contributed by atoms with Crippen molar-refractivity contribution in [3.63, 3.8) is 0 Å². The molecule has 4 nitrogen and oxygen atoms in total. The molecule has 108 valence electrons. The number of hydrogen-bond acceptors (Lipinski definition) is 3. The lowest BCUT2D eigenvalue weighted by atomic mass is 10.1. The second-order valence-electron chi connectivity index (χ2n) is 4.45. The van der Waals surface area contributed by atoms with Crippen LogP contribution >= 0.6 is 0 Å². The Balaban J connectivity index is 2.11. The number of oxime groups is 1. The number of amides is 1. The highest BCUT2D eigenvalue weighted by Gasteiger charge is 2.08. The van der Waals surface area contributed by atoms with Crippen LogP contribution < -0.4 is 5.32 Å². The molecule has 0 aliphatic carbocycles. The van der Waals surface area contributed by atoms with Crippen molar-refractivity contribution in [2.24, 2.45) is 5.16 Å². The third kappa shape index (κ3) is 3.89. The third-order valence-corrected chi connectivity index (χ3v) is 2.92. The molecule has 0 heterocycles. The molecule has 0 aromatic heterocycles. The van der Waals surface area contributed by atoms with Crippen LogP contribution in [0.4, 0.5) is 10.1 Å². The molecule has 0 saturated heterocycles. The Hall–Kier alpha value is -2.69.